The average molecular weight is 234 g/mol. The molecular weight excluding hydrogens is 212 g/mol. The van der Waals surface area contributed by atoms with Crippen molar-refractivity contribution in [3.63, 3.8) is 0 Å². The molecule has 1 saturated heterocycles. The number of anilines is 1. The van der Waals surface area contributed by atoms with E-state index < -0.39 is 0 Å². The van der Waals surface area contributed by atoms with Crippen LogP contribution in [0.4, 0.5) is 5.82 Å². The van der Waals surface area contributed by atoms with Gasteiger partial charge in [0.25, 0.3) is 0 Å². The predicted molar refractivity (Wildman–Crippen MR) is 71.1 cm³/mol. The van der Waals surface area contributed by atoms with Crippen molar-refractivity contribution < 1.29 is 0 Å². The molecule has 1 aromatic rings. The summed E-state index contributed by atoms with van der Waals surface area (Å²) in [7, 11) is 0. The number of nitrogens with two attached hydrogens (primary N) is 1. The molecular formula is C13H22N4. The minimum absolute atomic E-state index is 0.00675. The Morgan fingerprint density at radius 3 is 2.59 bits per heavy atom. The molecule has 0 spiro atoms. The highest BCUT2D eigenvalue weighted by Gasteiger charge is 2.22. The molecule has 1 fully saturated rings. The Morgan fingerprint density at radius 1 is 1.35 bits per heavy atom. The highest BCUT2D eigenvalue weighted by molar-refractivity contribution is 5.41. The van der Waals surface area contributed by atoms with E-state index in [4.69, 9.17) is 5.73 Å². The second-order valence-corrected chi connectivity index (χ2v) is 5.08. The van der Waals surface area contributed by atoms with Crippen molar-refractivity contribution in [2.45, 2.75) is 38.9 Å². The predicted octanol–water partition coefficient (Wildman–Crippen LogP) is 1.29. The lowest BCUT2D eigenvalue weighted by Gasteiger charge is -2.37. The van der Waals surface area contributed by atoms with Gasteiger partial charge in [0, 0.05) is 31.2 Å². The Hall–Kier alpha value is -1.13. The molecule has 0 saturated carbocycles. The first-order valence-corrected chi connectivity index (χ1v) is 6.30. The highest BCUT2D eigenvalue weighted by atomic mass is 15.3. The van der Waals surface area contributed by atoms with Gasteiger partial charge in [0.2, 0.25) is 0 Å². The van der Waals surface area contributed by atoms with E-state index in [0.29, 0.717) is 12.1 Å². The second kappa shape index (κ2) is 5.02. The van der Waals surface area contributed by atoms with E-state index in [1.807, 2.05) is 19.1 Å². The molecule has 3 atom stereocenters. The van der Waals surface area contributed by atoms with Crippen LogP contribution in [0.15, 0.2) is 18.2 Å². The molecule has 94 valence electrons. The Morgan fingerprint density at radius 2 is 2.00 bits per heavy atom. The van der Waals surface area contributed by atoms with E-state index >= 15 is 0 Å². The fourth-order valence-electron chi connectivity index (χ4n) is 2.38. The van der Waals surface area contributed by atoms with Gasteiger partial charge in [0.05, 0.1) is 5.69 Å². The van der Waals surface area contributed by atoms with Crippen molar-refractivity contribution in [3.8, 4) is 0 Å². The van der Waals surface area contributed by atoms with Gasteiger partial charge in [0.15, 0.2) is 0 Å². The first-order valence-electron chi connectivity index (χ1n) is 6.30. The van der Waals surface area contributed by atoms with Gasteiger partial charge in [-0.1, -0.05) is 6.07 Å². The topological polar surface area (TPSA) is 54.2 Å². The molecule has 1 aromatic heterocycles. The lowest BCUT2D eigenvalue weighted by molar-refractivity contribution is 0.405. The fourth-order valence-corrected chi connectivity index (χ4v) is 2.38. The number of rotatable bonds is 2. The van der Waals surface area contributed by atoms with Crippen molar-refractivity contribution in [3.05, 3.63) is 23.9 Å². The van der Waals surface area contributed by atoms with Crippen LogP contribution in [-0.4, -0.2) is 30.2 Å². The van der Waals surface area contributed by atoms with E-state index in [2.05, 4.69) is 35.1 Å². The number of hydrogen-bond donors (Lipinski definition) is 2. The van der Waals surface area contributed by atoms with E-state index in [1.165, 1.54) is 0 Å². The quantitative estimate of drug-likeness (QED) is 0.809. The van der Waals surface area contributed by atoms with Gasteiger partial charge in [-0.25, -0.2) is 4.98 Å². The van der Waals surface area contributed by atoms with Crippen LogP contribution in [0, 0.1) is 0 Å². The normalized spacial score (nSPS) is 26.9. The second-order valence-electron chi connectivity index (χ2n) is 5.08. The van der Waals surface area contributed by atoms with Crippen LogP contribution in [0.5, 0.6) is 0 Å². The maximum atomic E-state index is 5.87. The third-order valence-electron chi connectivity index (χ3n) is 3.10. The van der Waals surface area contributed by atoms with Crippen molar-refractivity contribution in [2.75, 3.05) is 18.0 Å². The molecule has 1 aliphatic heterocycles. The number of nitrogens with zero attached hydrogens (tertiary/aromatic N) is 2. The van der Waals surface area contributed by atoms with Crippen LogP contribution < -0.4 is 16.0 Å². The molecule has 0 aromatic carbocycles. The summed E-state index contributed by atoms with van der Waals surface area (Å²) in [6, 6.07) is 7.09. The third kappa shape index (κ3) is 2.96. The molecule has 0 aliphatic carbocycles. The molecule has 0 radical (unpaired) electrons. The maximum absolute atomic E-state index is 5.87. The summed E-state index contributed by atoms with van der Waals surface area (Å²) in [5, 5.41) is 3.52. The van der Waals surface area contributed by atoms with Gasteiger partial charge in [-0.3, -0.25) is 0 Å². The minimum atomic E-state index is -0.00675. The van der Waals surface area contributed by atoms with Crippen LogP contribution in [0.3, 0.4) is 0 Å². The molecule has 2 heterocycles. The number of aromatic nitrogens is 1. The zero-order chi connectivity index (χ0) is 12.4. The molecule has 4 nitrogen and oxygen atoms in total. The third-order valence-corrected chi connectivity index (χ3v) is 3.10. The van der Waals surface area contributed by atoms with Gasteiger partial charge in [0.1, 0.15) is 5.82 Å². The van der Waals surface area contributed by atoms with E-state index in [0.717, 1.165) is 24.6 Å². The van der Waals surface area contributed by atoms with Crippen LogP contribution in [0.1, 0.15) is 32.5 Å². The summed E-state index contributed by atoms with van der Waals surface area (Å²) in [5.74, 6) is 1.04. The molecule has 0 amide bonds. The Balaban J connectivity index is 2.18. The summed E-state index contributed by atoms with van der Waals surface area (Å²) in [5.41, 5.74) is 6.83. The van der Waals surface area contributed by atoms with Gasteiger partial charge in [-0.15, -0.1) is 0 Å². The van der Waals surface area contributed by atoms with E-state index in [-0.39, 0.29) is 6.04 Å². The number of pyridine rings is 1. The van der Waals surface area contributed by atoms with Gasteiger partial charge in [-0.2, -0.15) is 0 Å². The van der Waals surface area contributed by atoms with E-state index in [1.54, 1.807) is 0 Å². The van der Waals surface area contributed by atoms with Gasteiger partial charge in [-0.05, 0) is 32.9 Å². The molecule has 3 N–H and O–H groups in total. The first-order chi connectivity index (χ1) is 8.06. The zero-order valence-corrected chi connectivity index (χ0v) is 10.9. The van der Waals surface area contributed by atoms with Crippen molar-refractivity contribution in [1.29, 1.82) is 0 Å². The van der Waals surface area contributed by atoms with Crippen LogP contribution >= 0.6 is 0 Å². The minimum Gasteiger partial charge on any atom is -0.354 e. The maximum Gasteiger partial charge on any atom is 0.128 e. The molecule has 0 bridgehead atoms. The monoisotopic (exact) mass is 234 g/mol. The number of piperazine rings is 1. The highest BCUT2D eigenvalue weighted by Crippen LogP contribution is 2.17. The summed E-state index contributed by atoms with van der Waals surface area (Å²) in [4.78, 5) is 6.97. The molecule has 1 aliphatic rings. The summed E-state index contributed by atoms with van der Waals surface area (Å²) < 4.78 is 0. The lowest BCUT2D eigenvalue weighted by atomic mass is 10.1. The van der Waals surface area contributed by atoms with Crippen molar-refractivity contribution in [1.82, 2.24) is 10.3 Å². The van der Waals surface area contributed by atoms with E-state index in [9.17, 15) is 0 Å². The lowest BCUT2D eigenvalue weighted by Crippen LogP contribution is -2.54. The van der Waals surface area contributed by atoms with Gasteiger partial charge < -0.3 is 16.0 Å². The molecule has 2 rings (SSSR count). The smallest absolute Gasteiger partial charge is 0.128 e. The van der Waals surface area contributed by atoms with Gasteiger partial charge >= 0.3 is 0 Å². The molecule has 4 heteroatoms. The SMILES string of the molecule is C[C@@H]1CN(c2cccc([C@H](C)N)n2)C[C@H](C)N1. The number of hydrogen-bond acceptors (Lipinski definition) is 4. The Kier molecular flexibility index (Phi) is 3.64. The van der Waals surface area contributed by atoms with Crippen molar-refractivity contribution in [2.24, 2.45) is 5.73 Å². The van der Waals surface area contributed by atoms with Crippen LogP contribution in [0.25, 0.3) is 0 Å². The Labute approximate surface area is 103 Å². The largest absolute Gasteiger partial charge is 0.354 e. The molecule has 0 unspecified atom stereocenters. The van der Waals surface area contributed by atoms with Crippen LogP contribution in [0.2, 0.25) is 0 Å². The Bertz CT molecular complexity index is 367. The summed E-state index contributed by atoms with van der Waals surface area (Å²) in [6.07, 6.45) is 0. The first kappa shape index (κ1) is 12.3. The average Bonchev–Trinajstić information content (AvgIpc) is 2.28. The molecule has 17 heavy (non-hydrogen) atoms. The zero-order valence-electron chi connectivity index (χ0n) is 10.9. The summed E-state index contributed by atoms with van der Waals surface area (Å²) in [6.45, 7) is 8.38. The van der Waals surface area contributed by atoms with Crippen LogP contribution in [-0.2, 0) is 0 Å². The standard InChI is InChI=1S/C13H22N4/c1-9-7-17(8-10(2)15-9)13-6-4-5-12(16-13)11(3)14/h4-6,9-11,15H,7-8,14H2,1-3H3/t9-,10+,11-/m0/s1. The van der Waals surface area contributed by atoms with Crippen molar-refractivity contribution >= 4 is 5.82 Å². The number of nitrogens with one attached hydrogen (secondary N) is 1. The summed E-state index contributed by atoms with van der Waals surface area (Å²) >= 11 is 0. The fraction of sp³-hybridized carbons (Fsp3) is 0.615.